The standard InChI is InChI=1S/C15H17NO3/c1-11-5-4-8-16(10-11)14(17)9-12-6-2-3-7-13(12)15(18)19/h2-3,5-7H,4,8-10H2,1H3,(H,18,19). The average molecular weight is 259 g/mol. The maximum Gasteiger partial charge on any atom is 0.335 e. The molecule has 4 heteroatoms. The lowest BCUT2D eigenvalue weighted by Crippen LogP contribution is -2.36. The van der Waals surface area contributed by atoms with Gasteiger partial charge in [-0.3, -0.25) is 4.79 Å². The quantitative estimate of drug-likeness (QED) is 0.846. The Morgan fingerprint density at radius 3 is 2.74 bits per heavy atom. The fourth-order valence-electron chi connectivity index (χ4n) is 2.28. The zero-order valence-corrected chi connectivity index (χ0v) is 10.9. The molecule has 0 radical (unpaired) electrons. The van der Waals surface area contributed by atoms with Crippen LogP contribution >= 0.6 is 0 Å². The largest absolute Gasteiger partial charge is 0.478 e. The van der Waals surface area contributed by atoms with E-state index in [1.807, 2.05) is 6.92 Å². The number of carbonyl (C=O) groups is 2. The van der Waals surface area contributed by atoms with Crippen molar-refractivity contribution in [1.29, 1.82) is 0 Å². The molecule has 1 aromatic carbocycles. The monoisotopic (exact) mass is 259 g/mol. The summed E-state index contributed by atoms with van der Waals surface area (Å²) in [5.41, 5.74) is 1.97. The van der Waals surface area contributed by atoms with Crippen LogP contribution in [-0.4, -0.2) is 35.0 Å². The topological polar surface area (TPSA) is 57.6 Å². The van der Waals surface area contributed by atoms with Crippen LogP contribution in [0.3, 0.4) is 0 Å². The van der Waals surface area contributed by atoms with Crippen LogP contribution in [0, 0.1) is 0 Å². The predicted octanol–water partition coefficient (Wildman–Crippen LogP) is 2.11. The Balaban J connectivity index is 2.11. The van der Waals surface area contributed by atoms with Crippen molar-refractivity contribution in [2.24, 2.45) is 0 Å². The van der Waals surface area contributed by atoms with Gasteiger partial charge in [0, 0.05) is 13.1 Å². The van der Waals surface area contributed by atoms with Crippen LogP contribution in [-0.2, 0) is 11.2 Å². The van der Waals surface area contributed by atoms with Gasteiger partial charge in [-0.15, -0.1) is 0 Å². The van der Waals surface area contributed by atoms with Gasteiger partial charge in [0.15, 0.2) is 0 Å². The van der Waals surface area contributed by atoms with Crippen molar-refractivity contribution < 1.29 is 14.7 Å². The summed E-state index contributed by atoms with van der Waals surface area (Å²) in [5.74, 6) is -1.00. The van der Waals surface area contributed by atoms with Crippen LogP contribution in [0.1, 0.15) is 29.3 Å². The van der Waals surface area contributed by atoms with E-state index in [0.717, 1.165) is 6.42 Å². The van der Waals surface area contributed by atoms with E-state index in [-0.39, 0.29) is 17.9 Å². The molecule has 2 rings (SSSR count). The summed E-state index contributed by atoms with van der Waals surface area (Å²) in [6.07, 6.45) is 3.16. The van der Waals surface area contributed by atoms with Crippen molar-refractivity contribution in [3.63, 3.8) is 0 Å². The van der Waals surface area contributed by atoms with E-state index in [2.05, 4.69) is 6.08 Å². The highest BCUT2D eigenvalue weighted by molar-refractivity contribution is 5.91. The zero-order chi connectivity index (χ0) is 13.8. The van der Waals surface area contributed by atoms with Crippen LogP contribution < -0.4 is 0 Å². The molecule has 0 bridgehead atoms. The third kappa shape index (κ3) is 3.22. The van der Waals surface area contributed by atoms with Crippen LogP contribution in [0.4, 0.5) is 0 Å². The minimum absolute atomic E-state index is 0.0128. The summed E-state index contributed by atoms with van der Waals surface area (Å²) >= 11 is 0. The van der Waals surface area contributed by atoms with Crippen LogP contribution in [0.2, 0.25) is 0 Å². The van der Waals surface area contributed by atoms with Gasteiger partial charge in [-0.2, -0.15) is 0 Å². The predicted molar refractivity (Wildman–Crippen MR) is 72.1 cm³/mol. The van der Waals surface area contributed by atoms with E-state index >= 15 is 0 Å². The van der Waals surface area contributed by atoms with Crippen molar-refractivity contribution >= 4 is 11.9 Å². The molecule has 1 amide bonds. The van der Waals surface area contributed by atoms with Gasteiger partial charge in [0.05, 0.1) is 12.0 Å². The van der Waals surface area contributed by atoms with Crippen molar-refractivity contribution in [1.82, 2.24) is 4.90 Å². The average Bonchev–Trinajstić information content (AvgIpc) is 2.39. The van der Waals surface area contributed by atoms with Crippen molar-refractivity contribution in [2.45, 2.75) is 19.8 Å². The molecule has 1 N–H and O–H groups in total. The molecule has 0 aromatic heterocycles. The highest BCUT2D eigenvalue weighted by Crippen LogP contribution is 2.14. The molecule has 1 aliphatic rings. The number of carboxylic acid groups (broad SMARTS) is 1. The third-order valence-corrected chi connectivity index (χ3v) is 3.27. The van der Waals surface area contributed by atoms with E-state index in [0.29, 0.717) is 18.7 Å². The zero-order valence-electron chi connectivity index (χ0n) is 10.9. The molecule has 19 heavy (non-hydrogen) atoms. The van der Waals surface area contributed by atoms with Crippen LogP contribution in [0.25, 0.3) is 0 Å². The SMILES string of the molecule is CC1=CCCN(C(=O)Cc2ccccc2C(=O)O)C1. The molecule has 1 heterocycles. The van der Waals surface area contributed by atoms with Crippen molar-refractivity contribution in [2.75, 3.05) is 13.1 Å². The van der Waals surface area contributed by atoms with Gasteiger partial charge in [-0.05, 0) is 25.0 Å². The molecule has 0 saturated heterocycles. The summed E-state index contributed by atoms with van der Waals surface area (Å²) in [4.78, 5) is 25.1. The lowest BCUT2D eigenvalue weighted by atomic mass is 10.0. The summed E-state index contributed by atoms with van der Waals surface area (Å²) in [6, 6.07) is 6.67. The summed E-state index contributed by atoms with van der Waals surface area (Å²) in [6.45, 7) is 3.37. The van der Waals surface area contributed by atoms with Crippen molar-refractivity contribution in [3.05, 3.63) is 47.0 Å². The van der Waals surface area contributed by atoms with Gasteiger partial charge in [0.2, 0.25) is 5.91 Å². The molecular weight excluding hydrogens is 242 g/mol. The Morgan fingerprint density at radius 1 is 1.32 bits per heavy atom. The first-order chi connectivity index (χ1) is 9.08. The third-order valence-electron chi connectivity index (χ3n) is 3.27. The molecule has 100 valence electrons. The van der Waals surface area contributed by atoms with Gasteiger partial charge in [-0.1, -0.05) is 29.8 Å². The number of benzene rings is 1. The minimum atomic E-state index is -0.988. The highest BCUT2D eigenvalue weighted by atomic mass is 16.4. The molecule has 4 nitrogen and oxygen atoms in total. The van der Waals surface area contributed by atoms with E-state index in [9.17, 15) is 9.59 Å². The number of aromatic carboxylic acids is 1. The molecule has 0 unspecified atom stereocenters. The Bertz CT molecular complexity index is 534. The molecule has 0 spiro atoms. The Kier molecular flexibility index (Phi) is 4.00. The molecule has 1 aromatic rings. The maximum absolute atomic E-state index is 12.2. The Labute approximate surface area is 112 Å². The Hall–Kier alpha value is -2.10. The normalized spacial score (nSPS) is 15.0. The second kappa shape index (κ2) is 5.69. The van der Waals surface area contributed by atoms with Gasteiger partial charge >= 0.3 is 5.97 Å². The molecule has 1 aliphatic heterocycles. The number of hydrogen-bond acceptors (Lipinski definition) is 2. The molecule has 0 saturated carbocycles. The summed E-state index contributed by atoms with van der Waals surface area (Å²) in [5, 5.41) is 9.10. The molecular formula is C15H17NO3. The summed E-state index contributed by atoms with van der Waals surface area (Å²) < 4.78 is 0. The second-order valence-corrected chi connectivity index (χ2v) is 4.79. The lowest BCUT2D eigenvalue weighted by molar-refractivity contribution is -0.130. The first-order valence-electron chi connectivity index (χ1n) is 6.32. The van der Waals surface area contributed by atoms with E-state index in [1.54, 1.807) is 23.1 Å². The number of carboxylic acids is 1. The number of carbonyl (C=O) groups excluding carboxylic acids is 1. The van der Waals surface area contributed by atoms with Crippen molar-refractivity contribution in [3.8, 4) is 0 Å². The van der Waals surface area contributed by atoms with Gasteiger partial charge < -0.3 is 10.0 Å². The minimum Gasteiger partial charge on any atom is -0.478 e. The molecule has 0 fully saturated rings. The number of hydrogen-bond donors (Lipinski definition) is 1. The van der Waals surface area contributed by atoms with E-state index < -0.39 is 5.97 Å². The number of nitrogens with zero attached hydrogens (tertiary/aromatic N) is 1. The Morgan fingerprint density at radius 2 is 2.05 bits per heavy atom. The van der Waals surface area contributed by atoms with Gasteiger partial charge in [0.25, 0.3) is 0 Å². The molecule has 0 aliphatic carbocycles. The first kappa shape index (κ1) is 13.3. The highest BCUT2D eigenvalue weighted by Gasteiger charge is 2.19. The smallest absolute Gasteiger partial charge is 0.335 e. The lowest BCUT2D eigenvalue weighted by Gasteiger charge is -2.26. The first-order valence-corrected chi connectivity index (χ1v) is 6.32. The fraction of sp³-hybridized carbons (Fsp3) is 0.333. The van der Waals surface area contributed by atoms with Gasteiger partial charge in [0.1, 0.15) is 0 Å². The van der Waals surface area contributed by atoms with E-state index in [1.165, 1.54) is 11.6 Å². The second-order valence-electron chi connectivity index (χ2n) is 4.79. The fourth-order valence-corrected chi connectivity index (χ4v) is 2.28. The van der Waals surface area contributed by atoms with E-state index in [4.69, 9.17) is 5.11 Å². The number of amides is 1. The van der Waals surface area contributed by atoms with Crippen LogP contribution in [0.5, 0.6) is 0 Å². The maximum atomic E-state index is 12.2. The molecule has 0 atom stereocenters. The number of rotatable bonds is 3. The van der Waals surface area contributed by atoms with Gasteiger partial charge in [-0.25, -0.2) is 4.79 Å². The summed E-state index contributed by atoms with van der Waals surface area (Å²) in [7, 11) is 0. The van der Waals surface area contributed by atoms with Crippen LogP contribution in [0.15, 0.2) is 35.9 Å².